The Kier molecular flexibility index (Phi) is 6.04. The Morgan fingerprint density at radius 2 is 1.92 bits per heavy atom. The maximum Gasteiger partial charge on any atom is 0.326 e. The zero-order valence-electron chi connectivity index (χ0n) is 13.5. The SMILES string of the molecule is COc1ccc([N+](=O)[O-])cc1OCC(=O)NC(=O)Nc1ccccc1F. The lowest BCUT2D eigenvalue weighted by atomic mass is 10.3. The summed E-state index contributed by atoms with van der Waals surface area (Å²) in [7, 11) is 1.33. The largest absolute Gasteiger partial charge is 0.493 e. The van der Waals surface area contributed by atoms with E-state index in [4.69, 9.17) is 9.47 Å². The maximum atomic E-state index is 13.4. The van der Waals surface area contributed by atoms with Crippen LogP contribution in [0.1, 0.15) is 0 Å². The molecule has 0 atom stereocenters. The molecule has 136 valence electrons. The van der Waals surface area contributed by atoms with Crippen molar-refractivity contribution in [3.63, 3.8) is 0 Å². The van der Waals surface area contributed by atoms with Gasteiger partial charge in [-0.2, -0.15) is 0 Å². The van der Waals surface area contributed by atoms with E-state index in [1.807, 2.05) is 5.32 Å². The number of imide groups is 1. The summed E-state index contributed by atoms with van der Waals surface area (Å²) in [6.07, 6.45) is 0. The number of methoxy groups -OCH3 is 1. The molecule has 9 nitrogen and oxygen atoms in total. The molecule has 0 saturated heterocycles. The van der Waals surface area contributed by atoms with Crippen molar-refractivity contribution in [3.05, 3.63) is 58.4 Å². The highest BCUT2D eigenvalue weighted by molar-refractivity contribution is 6.01. The van der Waals surface area contributed by atoms with Crippen LogP contribution in [0.25, 0.3) is 0 Å². The molecule has 0 aliphatic carbocycles. The molecule has 0 spiro atoms. The quantitative estimate of drug-likeness (QED) is 0.601. The number of carbonyl (C=O) groups is 2. The number of hydrogen-bond acceptors (Lipinski definition) is 6. The number of nitrogens with zero attached hydrogens (tertiary/aromatic N) is 1. The average Bonchev–Trinajstić information content (AvgIpc) is 2.61. The van der Waals surface area contributed by atoms with Crippen LogP contribution in [0.5, 0.6) is 11.5 Å². The number of anilines is 1. The highest BCUT2D eigenvalue weighted by Gasteiger charge is 2.15. The van der Waals surface area contributed by atoms with Gasteiger partial charge >= 0.3 is 6.03 Å². The van der Waals surface area contributed by atoms with E-state index in [-0.39, 0.29) is 22.9 Å². The van der Waals surface area contributed by atoms with Gasteiger partial charge in [0.1, 0.15) is 5.82 Å². The molecule has 0 aliphatic heterocycles. The standard InChI is InChI=1S/C16H14FN3O6/c1-25-13-7-6-10(20(23)24)8-14(13)26-9-15(21)19-16(22)18-12-5-3-2-4-11(12)17/h2-8H,9H2,1H3,(H2,18,19,21,22). The van der Waals surface area contributed by atoms with Gasteiger partial charge in [0.25, 0.3) is 11.6 Å². The van der Waals surface area contributed by atoms with E-state index in [1.165, 1.54) is 37.4 Å². The minimum atomic E-state index is -0.949. The molecule has 0 saturated carbocycles. The fourth-order valence-corrected chi connectivity index (χ4v) is 1.91. The summed E-state index contributed by atoms with van der Waals surface area (Å²) in [5, 5.41) is 14.9. The lowest BCUT2D eigenvalue weighted by Gasteiger charge is -2.11. The van der Waals surface area contributed by atoms with Crippen LogP contribution in [0, 0.1) is 15.9 Å². The van der Waals surface area contributed by atoms with Gasteiger partial charge in [0.2, 0.25) is 0 Å². The summed E-state index contributed by atoms with van der Waals surface area (Å²) in [5.41, 5.74) is -0.349. The molecule has 2 aromatic rings. The zero-order valence-corrected chi connectivity index (χ0v) is 13.5. The second kappa shape index (κ2) is 8.42. The summed E-state index contributed by atoms with van der Waals surface area (Å²) in [6.45, 7) is -0.609. The first-order valence-corrected chi connectivity index (χ1v) is 7.21. The fourth-order valence-electron chi connectivity index (χ4n) is 1.91. The zero-order chi connectivity index (χ0) is 19.1. The van der Waals surface area contributed by atoms with Crippen molar-refractivity contribution < 1.29 is 28.4 Å². The normalized spacial score (nSPS) is 9.92. The molecule has 10 heteroatoms. The number of nitrogens with one attached hydrogen (secondary N) is 2. The van der Waals surface area contributed by atoms with Crippen LogP contribution < -0.4 is 20.1 Å². The molecule has 2 rings (SSSR count). The van der Waals surface area contributed by atoms with E-state index < -0.39 is 29.3 Å². The monoisotopic (exact) mass is 363 g/mol. The Bertz CT molecular complexity index is 842. The molecule has 26 heavy (non-hydrogen) atoms. The maximum absolute atomic E-state index is 13.4. The van der Waals surface area contributed by atoms with Crippen molar-refractivity contribution in [1.82, 2.24) is 5.32 Å². The predicted octanol–water partition coefficient (Wildman–Crippen LogP) is 2.47. The van der Waals surface area contributed by atoms with Gasteiger partial charge < -0.3 is 14.8 Å². The number of amides is 3. The van der Waals surface area contributed by atoms with Gasteiger partial charge in [-0.15, -0.1) is 0 Å². The number of benzene rings is 2. The lowest BCUT2D eigenvalue weighted by molar-refractivity contribution is -0.385. The van der Waals surface area contributed by atoms with Gasteiger partial charge in [0, 0.05) is 6.07 Å². The van der Waals surface area contributed by atoms with Gasteiger partial charge in [-0.05, 0) is 18.2 Å². The first-order valence-electron chi connectivity index (χ1n) is 7.21. The number of urea groups is 1. The highest BCUT2D eigenvalue weighted by Crippen LogP contribution is 2.30. The molecule has 0 heterocycles. The van der Waals surface area contributed by atoms with E-state index in [1.54, 1.807) is 0 Å². The molecule has 3 amide bonds. The number of nitro benzene ring substituents is 1. The van der Waals surface area contributed by atoms with Crippen LogP contribution >= 0.6 is 0 Å². The molecule has 2 aromatic carbocycles. The summed E-state index contributed by atoms with van der Waals surface area (Å²) in [4.78, 5) is 33.6. The van der Waals surface area contributed by atoms with Crippen LogP contribution in [0.3, 0.4) is 0 Å². The first-order chi connectivity index (χ1) is 12.4. The van der Waals surface area contributed by atoms with Gasteiger partial charge in [0.15, 0.2) is 18.1 Å². The third kappa shape index (κ3) is 4.90. The van der Waals surface area contributed by atoms with Gasteiger partial charge in [-0.1, -0.05) is 12.1 Å². The van der Waals surface area contributed by atoms with Gasteiger partial charge in [-0.3, -0.25) is 20.2 Å². The number of carbonyl (C=O) groups excluding carboxylic acids is 2. The summed E-state index contributed by atoms with van der Waals surface area (Å²) in [5.74, 6) is -1.36. The Balaban J connectivity index is 1.94. The minimum Gasteiger partial charge on any atom is -0.493 e. The van der Waals surface area contributed by atoms with Crippen LogP contribution in [0.4, 0.5) is 20.6 Å². The Hall–Kier alpha value is -3.69. The van der Waals surface area contributed by atoms with E-state index in [9.17, 15) is 24.1 Å². The molecule has 0 aromatic heterocycles. The number of non-ortho nitro benzene ring substituents is 1. The van der Waals surface area contributed by atoms with Crippen LogP contribution in [-0.2, 0) is 4.79 Å². The molecule has 0 radical (unpaired) electrons. The Morgan fingerprint density at radius 3 is 2.58 bits per heavy atom. The predicted molar refractivity (Wildman–Crippen MR) is 88.7 cm³/mol. The molecule has 0 unspecified atom stereocenters. The van der Waals surface area contributed by atoms with Crippen molar-refractivity contribution in [2.75, 3.05) is 19.0 Å². The Morgan fingerprint density at radius 1 is 1.19 bits per heavy atom. The third-order valence-corrected chi connectivity index (χ3v) is 3.09. The molecule has 0 fully saturated rings. The number of halogens is 1. The van der Waals surface area contributed by atoms with Crippen molar-refractivity contribution in [1.29, 1.82) is 0 Å². The summed E-state index contributed by atoms with van der Waals surface area (Å²) >= 11 is 0. The van der Waals surface area contributed by atoms with Gasteiger partial charge in [-0.25, -0.2) is 9.18 Å². The van der Waals surface area contributed by atoms with E-state index in [2.05, 4.69) is 5.32 Å². The number of ether oxygens (including phenoxy) is 2. The van der Waals surface area contributed by atoms with Gasteiger partial charge in [0.05, 0.1) is 23.8 Å². The number of para-hydroxylation sites is 1. The topological polar surface area (TPSA) is 120 Å². The summed E-state index contributed by atoms with van der Waals surface area (Å²) < 4.78 is 23.6. The highest BCUT2D eigenvalue weighted by atomic mass is 19.1. The Labute approximate surface area is 146 Å². The molecule has 2 N–H and O–H groups in total. The van der Waals surface area contributed by atoms with Crippen molar-refractivity contribution in [3.8, 4) is 11.5 Å². The van der Waals surface area contributed by atoms with Crippen LogP contribution in [0.2, 0.25) is 0 Å². The van der Waals surface area contributed by atoms with E-state index in [0.29, 0.717) is 0 Å². The third-order valence-electron chi connectivity index (χ3n) is 3.09. The minimum absolute atomic E-state index is 0.0358. The van der Waals surface area contributed by atoms with Crippen molar-refractivity contribution in [2.45, 2.75) is 0 Å². The van der Waals surface area contributed by atoms with E-state index in [0.717, 1.165) is 12.1 Å². The smallest absolute Gasteiger partial charge is 0.326 e. The second-order valence-corrected chi connectivity index (χ2v) is 4.86. The molecular weight excluding hydrogens is 349 g/mol. The fraction of sp³-hybridized carbons (Fsp3) is 0.125. The summed E-state index contributed by atoms with van der Waals surface area (Å²) in [6, 6.07) is 8.10. The van der Waals surface area contributed by atoms with Crippen molar-refractivity contribution in [2.24, 2.45) is 0 Å². The number of rotatable bonds is 6. The number of hydrogen-bond donors (Lipinski definition) is 2. The second-order valence-electron chi connectivity index (χ2n) is 4.86. The lowest BCUT2D eigenvalue weighted by Crippen LogP contribution is -2.37. The van der Waals surface area contributed by atoms with Crippen molar-refractivity contribution >= 4 is 23.3 Å². The molecular formula is C16H14FN3O6. The molecule has 0 aliphatic rings. The van der Waals surface area contributed by atoms with E-state index >= 15 is 0 Å². The average molecular weight is 363 g/mol. The van der Waals surface area contributed by atoms with Crippen LogP contribution in [-0.4, -0.2) is 30.6 Å². The first kappa shape index (κ1) is 18.6. The van der Waals surface area contributed by atoms with Crippen LogP contribution in [0.15, 0.2) is 42.5 Å². The number of nitro groups is 1. The molecule has 0 bridgehead atoms.